The molecule has 0 bridgehead atoms. The number of nitrogens with one attached hydrogen (secondary N) is 1. The molecule has 1 aromatic heterocycles. The Morgan fingerprint density at radius 1 is 1.30 bits per heavy atom. The van der Waals surface area contributed by atoms with Gasteiger partial charge in [-0.2, -0.15) is 0 Å². The van der Waals surface area contributed by atoms with Crippen molar-refractivity contribution in [3.8, 4) is 11.5 Å². The number of hydrogen-bond donors (Lipinski definition) is 1. The van der Waals surface area contributed by atoms with E-state index in [9.17, 15) is 4.39 Å². The first-order valence-corrected chi connectivity index (χ1v) is 6.88. The lowest BCUT2D eigenvalue weighted by Crippen LogP contribution is -2.23. The Morgan fingerprint density at radius 3 is 2.80 bits per heavy atom. The fourth-order valence-electron chi connectivity index (χ4n) is 1.88. The maximum absolute atomic E-state index is 13.2. The van der Waals surface area contributed by atoms with Gasteiger partial charge in [-0.1, -0.05) is 13.8 Å². The molecule has 4 nitrogen and oxygen atoms in total. The quantitative estimate of drug-likeness (QED) is 0.824. The van der Waals surface area contributed by atoms with Gasteiger partial charge in [0.1, 0.15) is 5.82 Å². The highest BCUT2D eigenvalue weighted by Crippen LogP contribution is 2.20. The van der Waals surface area contributed by atoms with Crippen LogP contribution in [0.2, 0.25) is 0 Å². The summed E-state index contributed by atoms with van der Waals surface area (Å²) in [5.74, 6) is 0.834. The maximum Gasteiger partial charge on any atom is 0.247 e. The number of rotatable bonds is 6. The van der Waals surface area contributed by atoms with E-state index >= 15 is 0 Å². The zero-order valence-electron chi connectivity index (χ0n) is 12.1. The van der Waals surface area contributed by atoms with Crippen LogP contribution < -0.4 is 5.32 Å². The van der Waals surface area contributed by atoms with Crippen LogP contribution in [-0.2, 0) is 6.42 Å². The molecule has 0 atom stereocenters. The van der Waals surface area contributed by atoms with Crippen molar-refractivity contribution in [1.29, 1.82) is 0 Å². The summed E-state index contributed by atoms with van der Waals surface area (Å²) < 4.78 is 18.8. The molecule has 0 radical (unpaired) electrons. The first-order chi connectivity index (χ1) is 9.56. The maximum atomic E-state index is 13.2. The van der Waals surface area contributed by atoms with Gasteiger partial charge in [-0.25, -0.2) is 4.39 Å². The Labute approximate surface area is 118 Å². The van der Waals surface area contributed by atoms with Gasteiger partial charge in [0, 0.05) is 18.0 Å². The molecule has 0 saturated carbocycles. The van der Waals surface area contributed by atoms with Crippen LogP contribution in [0.15, 0.2) is 22.6 Å². The average Bonchev–Trinajstić information content (AvgIpc) is 2.86. The summed E-state index contributed by atoms with van der Waals surface area (Å²) in [5, 5.41) is 11.4. The third-order valence-corrected chi connectivity index (χ3v) is 2.99. The van der Waals surface area contributed by atoms with Crippen LogP contribution in [0.25, 0.3) is 11.5 Å². The van der Waals surface area contributed by atoms with E-state index in [1.807, 2.05) is 0 Å². The molecule has 0 amide bonds. The van der Waals surface area contributed by atoms with Gasteiger partial charge in [0.25, 0.3) is 0 Å². The van der Waals surface area contributed by atoms with Crippen molar-refractivity contribution in [1.82, 2.24) is 15.5 Å². The predicted molar refractivity (Wildman–Crippen MR) is 75.9 cm³/mol. The molecule has 2 rings (SSSR count). The highest BCUT2D eigenvalue weighted by Gasteiger charge is 2.09. The van der Waals surface area contributed by atoms with E-state index in [4.69, 9.17) is 4.42 Å². The van der Waals surface area contributed by atoms with Gasteiger partial charge >= 0.3 is 0 Å². The molecule has 0 aliphatic rings. The second-order valence-corrected chi connectivity index (χ2v) is 5.18. The first kappa shape index (κ1) is 14.7. The Balaban J connectivity index is 1.96. The van der Waals surface area contributed by atoms with Gasteiger partial charge in [0.2, 0.25) is 11.8 Å². The minimum atomic E-state index is -0.228. The summed E-state index contributed by atoms with van der Waals surface area (Å²) in [6.45, 7) is 6.86. The molecule has 0 aliphatic carbocycles. The van der Waals surface area contributed by atoms with Crippen molar-refractivity contribution < 1.29 is 8.81 Å². The number of aryl methyl sites for hydroxylation is 2. The van der Waals surface area contributed by atoms with Crippen molar-refractivity contribution in [2.75, 3.05) is 6.54 Å². The van der Waals surface area contributed by atoms with Gasteiger partial charge in [-0.3, -0.25) is 0 Å². The van der Waals surface area contributed by atoms with Crippen LogP contribution in [0.1, 0.15) is 31.7 Å². The van der Waals surface area contributed by atoms with E-state index in [-0.39, 0.29) is 5.82 Å². The van der Waals surface area contributed by atoms with Crippen molar-refractivity contribution in [3.05, 3.63) is 35.5 Å². The number of hydrogen-bond acceptors (Lipinski definition) is 4. The lowest BCUT2D eigenvalue weighted by Gasteiger charge is -2.05. The fourth-order valence-corrected chi connectivity index (χ4v) is 1.88. The highest BCUT2D eigenvalue weighted by atomic mass is 19.1. The Bertz CT molecular complexity index is 566. The molecular formula is C15H20FN3O. The van der Waals surface area contributed by atoms with Crippen LogP contribution in [0.4, 0.5) is 4.39 Å². The fraction of sp³-hybridized carbons (Fsp3) is 0.467. The van der Waals surface area contributed by atoms with Gasteiger partial charge in [-0.15, -0.1) is 10.2 Å². The molecule has 1 heterocycles. The van der Waals surface area contributed by atoms with E-state index in [1.54, 1.807) is 19.1 Å². The highest BCUT2D eigenvalue weighted by molar-refractivity contribution is 5.53. The largest absolute Gasteiger partial charge is 0.421 e. The zero-order chi connectivity index (χ0) is 14.5. The number of aromatic nitrogens is 2. The van der Waals surface area contributed by atoms with Crippen molar-refractivity contribution >= 4 is 0 Å². The first-order valence-electron chi connectivity index (χ1n) is 6.88. The smallest absolute Gasteiger partial charge is 0.247 e. The van der Waals surface area contributed by atoms with E-state index in [2.05, 4.69) is 29.4 Å². The summed E-state index contributed by atoms with van der Waals surface area (Å²) in [4.78, 5) is 0. The summed E-state index contributed by atoms with van der Waals surface area (Å²) >= 11 is 0. The van der Waals surface area contributed by atoms with E-state index in [1.165, 1.54) is 6.07 Å². The topological polar surface area (TPSA) is 51.0 Å². The van der Waals surface area contributed by atoms with Crippen LogP contribution in [-0.4, -0.2) is 22.8 Å². The van der Waals surface area contributed by atoms with Crippen molar-refractivity contribution in [2.24, 2.45) is 0 Å². The summed E-state index contributed by atoms with van der Waals surface area (Å²) in [6.07, 6.45) is 1.69. The Morgan fingerprint density at radius 2 is 2.10 bits per heavy atom. The van der Waals surface area contributed by atoms with Crippen molar-refractivity contribution in [3.63, 3.8) is 0 Å². The summed E-state index contributed by atoms with van der Waals surface area (Å²) in [7, 11) is 0. The van der Waals surface area contributed by atoms with Crippen LogP contribution in [0.5, 0.6) is 0 Å². The SMILES string of the molecule is Cc1cc(-c2nnc(CCCNC(C)C)o2)ccc1F. The summed E-state index contributed by atoms with van der Waals surface area (Å²) in [6, 6.07) is 5.27. The minimum absolute atomic E-state index is 0.228. The van der Waals surface area contributed by atoms with Gasteiger partial charge < -0.3 is 9.73 Å². The third kappa shape index (κ3) is 3.87. The molecule has 5 heteroatoms. The van der Waals surface area contributed by atoms with Gasteiger partial charge in [0.15, 0.2) is 0 Å². The molecule has 0 spiro atoms. The Hall–Kier alpha value is -1.75. The lowest BCUT2D eigenvalue weighted by molar-refractivity contribution is 0.484. The normalized spacial score (nSPS) is 11.2. The molecule has 1 aromatic carbocycles. The molecule has 0 saturated heterocycles. The number of benzene rings is 1. The van der Waals surface area contributed by atoms with E-state index in [0.717, 1.165) is 24.9 Å². The summed E-state index contributed by atoms with van der Waals surface area (Å²) in [5.41, 5.74) is 1.33. The molecule has 1 N–H and O–H groups in total. The average molecular weight is 277 g/mol. The van der Waals surface area contributed by atoms with Crippen LogP contribution >= 0.6 is 0 Å². The second kappa shape index (κ2) is 6.61. The minimum Gasteiger partial charge on any atom is -0.421 e. The molecule has 0 unspecified atom stereocenters. The van der Waals surface area contributed by atoms with Gasteiger partial charge in [0.05, 0.1) is 0 Å². The number of halogens is 1. The molecule has 0 fully saturated rings. The standard InChI is InChI=1S/C15H20FN3O/c1-10(2)17-8-4-5-14-18-19-15(20-14)12-6-7-13(16)11(3)9-12/h6-7,9-10,17H,4-5,8H2,1-3H3. The molecule has 0 aliphatic heterocycles. The lowest BCUT2D eigenvalue weighted by atomic mass is 10.1. The molecular weight excluding hydrogens is 257 g/mol. The number of nitrogens with zero attached hydrogens (tertiary/aromatic N) is 2. The molecule has 2 aromatic rings. The van der Waals surface area contributed by atoms with Gasteiger partial charge in [-0.05, 0) is 43.7 Å². The Kier molecular flexibility index (Phi) is 4.84. The van der Waals surface area contributed by atoms with E-state index in [0.29, 0.717) is 23.4 Å². The molecule has 108 valence electrons. The zero-order valence-corrected chi connectivity index (χ0v) is 12.1. The van der Waals surface area contributed by atoms with E-state index < -0.39 is 0 Å². The predicted octanol–water partition coefficient (Wildman–Crippen LogP) is 3.11. The molecule has 20 heavy (non-hydrogen) atoms. The second-order valence-electron chi connectivity index (χ2n) is 5.18. The monoisotopic (exact) mass is 277 g/mol. The van der Waals surface area contributed by atoms with Crippen molar-refractivity contribution in [2.45, 2.75) is 39.7 Å². The van der Waals surface area contributed by atoms with Crippen LogP contribution in [0, 0.1) is 12.7 Å². The van der Waals surface area contributed by atoms with Crippen LogP contribution in [0.3, 0.4) is 0 Å². The third-order valence-electron chi connectivity index (χ3n) is 2.99.